The van der Waals surface area contributed by atoms with Crippen molar-refractivity contribution in [1.82, 2.24) is 9.80 Å². The van der Waals surface area contributed by atoms with Crippen LogP contribution in [0, 0.1) is 11.8 Å². The first-order valence-corrected chi connectivity index (χ1v) is 7.85. The van der Waals surface area contributed by atoms with Gasteiger partial charge in [0.1, 0.15) is 0 Å². The zero-order valence-electron chi connectivity index (χ0n) is 12.3. The van der Waals surface area contributed by atoms with Gasteiger partial charge >= 0.3 is 0 Å². The molecule has 2 rings (SSSR count). The van der Waals surface area contributed by atoms with E-state index in [9.17, 15) is 0 Å². The Morgan fingerprint density at radius 1 is 1.11 bits per heavy atom. The number of likely N-dealkylation sites (tertiary alicyclic amines) is 2. The molecule has 3 heteroatoms. The second-order valence-corrected chi connectivity index (χ2v) is 6.64. The van der Waals surface area contributed by atoms with Gasteiger partial charge in [-0.3, -0.25) is 4.90 Å². The molecule has 2 aliphatic heterocycles. The lowest BCUT2D eigenvalue weighted by molar-refractivity contribution is 0.121. The molecule has 106 valence electrons. The summed E-state index contributed by atoms with van der Waals surface area (Å²) in [6.07, 6.45) is 5.42. The van der Waals surface area contributed by atoms with Crippen molar-refractivity contribution in [2.75, 3.05) is 39.3 Å². The van der Waals surface area contributed by atoms with Gasteiger partial charge < -0.3 is 10.6 Å². The van der Waals surface area contributed by atoms with Crippen molar-refractivity contribution in [3.63, 3.8) is 0 Å². The predicted octanol–water partition coefficient (Wildman–Crippen LogP) is 1.78. The first-order chi connectivity index (χ1) is 8.69. The molecule has 0 saturated carbocycles. The molecule has 2 saturated heterocycles. The lowest BCUT2D eigenvalue weighted by Crippen LogP contribution is -2.44. The molecule has 2 N–H and O–H groups in total. The van der Waals surface area contributed by atoms with Crippen LogP contribution in [0.1, 0.15) is 39.5 Å². The van der Waals surface area contributed by atoms with Gasteiger partial charge in [-0.2, -0.15) is 0 Å². The number of nitrogens with two attached hydrogens (primary N) is 1. The van der Waals surface area contributed by atoms with Gasteiger partial charge in [-0.1, -0.05) is 13.8 Å². The molecule has 0 bridgehead atoms. The van der Waals surface area contributed by atoms with Crippen LogP contribution in [-0.4, -0.2) is 55.1 Å². The summed E-state index contributed by atoms with van der Waals surface area (Å²) in [4.78, 5) is 5.37. The fraction of sp³-hybridized carbons (Fsp3) is 1.00. The van der Waals surface area contributed by atoms with Crippen LogP contribution in [0.5, 0.6) is 0 Å². The minimum absolute atomic E-state index is 0.768. The van der Waals surface area contributed by atoms with Gasteiger partial charge in [-0.15, -0.1) is 0 Å². The van der Waals surface area contributed by atoms with Gasteiger partial charge in [0.2, 0.25) is 0 Å². The smallest absolute Gasteiger partial charge is 0.0120 e. The summed E-state index contributed by atoms with van der Waals surface area (Å²) < 4.78 is 0. The molecule has 2 fully saturated rings. The summed E-state index contributed by atoms with van der Waals surface area (Å²) in [5, 5.41) is 0. The monoisotopic (exact) mass is 253 g/mol. The van der Waals surface area contributed by atoms with Crippen LogP contribution >= 0.6 is 0 Å². The van der Waals surface area contributed by atoms with Crippen LogP contribution in [0.2, 0.25) is 0 Å². The molecule has 0 aromatic rings. The van der Waals surface area contributed by atoms with Crippen molar-refractivity contribution in [1.29, 1.82) is 0 Å². The molecular formula is C15H31N3. The molecule has 1 atom stereocenters. The topological polar surface area (TPSA) is 32.5 Å². The van der Waals surface area contributed by atoms with E-state index in [-0.39, 0.29) is 0 Å². The summed E-state index contributed by atoms with van der Waals surface area (Å²) >= 11 is 0. The summed E-state index contributed by atoms with van der Waals surface area (Å²) in [5.41, 5.74) is 5.78. The molecule has 2 heterocycles. The summed E-state index contributed by atoms with van der Waals surface area (Å²) in [7, 11) is 0. The normalized spacial score (nSPS) is 28.3. The van der Waals surface area contributed by atoms with E-state index in [0.29, 0.717) is 0 Å². The molecule has 0 amide bonds. The fourth-order valence-electron chi connectivity index (χ4n) is 3.34. The summed E-state index contributed by atoms with van der Waals surface area (Å²) in [5.74, 6) is 1.61. The highest BCUT2D eigenvalue weighted by Crippen LogP contribution is 2.24. The number of hydrogen-bond acceptors (Lipinski definition) is 3. The highest BCUT2D eigenvalue weighted by atomic mass is 15.2. The van der Waals surface area contributed by atoms with Crippen molar-refractivity contribution in [3.05, 3.63) is 0 Å². The Morgan fingerprint density at radius 2 is 1.83 bits per heavy atom. The second kappa shape index (κ2) is 6.88. The molecule has 1 unspecified atom stereocenters. The van der Waals surface area contributed by atoms with Crippen molar-refractivity contribution >= 4 is 0 Å². The minimum Gasteiger partial charge on any atom is -0.330 e. The SMILES string of the molecule is CC(C)CCN1CCC(N2CCC(CN)C2)CC1. The van der Waals surface area contributed by atoms with E-state index in [1.165, 1.54) is 58.4 Å². The highest BCUT2D eigenvalue weighted by molar-refractivity contribution is 4.85. The third kappa shape index (κ3) is 3.94. The van der Waals surface area contributed by atoms with Crippen molar-refractivity contribution in [3.8, 4) is 0 Å². The minimum atomic E-state index is 0.768. The number of hydrogen-bond donors (Lipinski definition) is 1. The quantitative estimate of drug-likeness (QED) is 0.810. The van der Waals surface area contributed by atoms with Gasteiger partial charge in [0.25, 0.3) is 0 Å². The first kappa shape index (κ1) is 14.3. The molecule has 18 heavy (non-hydrogen) atoms. The van der Waals surface area contributed by atoms with Crippen LogP contribution in [0.15, 0.2) is 0 Å². The Hall–Kier alpha value is -0.120. The number of rotatable bonds is 5. The average molecular weight is 253 g/mol. The van der Waals surface area contributed by atoms with E-state index >= 15 is 0 Å². The lowest BCUT2D eigenvalue weighted by Gasteiger charge is -2.37. The van der Waals surface area contributed by atoms with Crippen LogP contribution in [0.25, 0.3) is 0 Å². The Morgan fingerprint density at radius 3 is 2.39 bits per heavy atom. The standard InChI is InChI=1S/C15H31N3/c1-13(2)3-7-17-8-5-15(6-9-17)18-10-4-14(11-16)12-18/h13-15H,3-12,16H2,1-2H3. The van der Waals surface area contributed by atoms with E-state index in [2.05, 4.69) is 23.6 Å². The van der Waals surface area contributed by atoms with Crippen molar-refractivity contribution in [2.45, 2.75) is 45.6 Å². The Bertz CT molecular complexity index is 234. The maximum Gasteiger partial charge on any atom is 0.0120 e. The van der Waals surface area contributed by atoms with Gasteiger partial charge in [0, 0.05) is 12.6 Å². The number of nitrogens with zero attached hydrogens (tertiary/aromatic N) is 2. The van der Waals surface area contributed by atoms with E-state index in [1.807, 2.05) is 0 Å². The Balaban J connectivity index is 1.67. The van der Waals surface area contributed by atoms with Crippen molar-refractivity contribution < 1.29 is 0 Å². The van der Waals surface area contributed by atoms with E-state index in [0.717, 1.165) is 24.4 Å². The third-order valence-electron chi connectivity index (χ3n) is 4.75. The highest BCUT2D eigenvalue weighted by Gasteiger charge is 2.29. The lowest BCUT2D eigenvalue weighted by atomic mass is 10.0. The molecular weight excluding hydrogens is 222 g/mol. The number of piperidine rings is 1. The van der Waals surface area contributed by atoms with Crippen LogP contribution < -0.4 is 5.73 Å². The maximum atomic E-state index is 5.78. The molecule has 0 spiro atoms. The summed E-state index contributed by atoms with van der Waals surface area (Å²) in [6.45, 7) is 12.0. The third-order valence-corrected chi connectivity index (χ3v) is 4.75. The Labute approximate surface area is 113 Å². The van der Waals surface area contributed by atoms with Gasteiger partial charge in [-0.05, 0) is 70.2 Å². The molecule has 0 aliphatic carbocycles. The largest absolute Gasteiger partial charge is 0.330 e. The van der Waals surface area contributed by atoms with Crippen molar-refractivity contribution in [2.24, 2.45) is 17.6 Å². The Kier molecular flexibility index (Phi) is 5.46. The van der Waals surface area contributed by atoms with Crippen LogP contribution in [0.3, 0.4) is 0 Å². The molecule has 0 aromatic carbocycles. The maximum absolute atomic E-state index is 5.78. The van der Waals surface area contributed by atoms with Crippen LogP contribution in [-0.2, 0) is 0 Å². The average Bonchev–Trinajstić information content (AvgIpc) is 2.85. The zero-order chi connectivity index (χ0) is 13.0. The van der Waals surface area contributed by atoms with E-state index in [1.54, 1.807) is 0 Å². The molecule has 0 aromatic heterocycles. The van der Waals surface area contributed by atoms with Gasteiger partial charge in [0.05, 0.1) is 0 Å². The van der Waals surface area contributed by atoms with Gasteiger partial charge in [-0.25, -0.2) is 0 Å². The van der Waals surface area contributed by atoms with Gasteiger partial charge in [0.15, 0.2) is 0 Å². The zero-order valence-corrected chi connectivity index (χ0v) is 12.3. The summed E-state index contributed by atoms with van der Waals surface area (Å²) in [6, 6.07) is 0.844. The predicted molar refractivity (Wildman–Crippen MR) is 77.7 cm³/mol. The first-order valence-electron chi connectivity index (χ1n) is 7.85. The van der Waals surface area contributed by atoms with E-state index < -0.39 is 0 Å². The fourth-order valence-corrected chi connectivity index (χ4v) is 3.34. The second-order valence-electron chi connectivity index (χ2n) is 6.64. The van der Waals surface area contributed by atoms with E-state index in [4.69, 9.17) is 5.73 Å². The molecule has 2 aliphatic rings. The molecule has 0 radical (unpaired) electrons. The molecule has 3 nitrogen and oxygen atoms in total. The van der Waals surface area contributed by atoms with Crippen LogP contribution in [0.4, 0.5) is 0 Å².